The van der Waals surface area contributed by atoms with E-state index in [0.717, 1.165) is 4.47 Å². The molecule has 0 aliphatic heterocycles. The molecule has 0 bridgehead atoms. The molecule has 0 saturated carbocycles. The average molecular weight is 614 g/mol. The zero-order chi connectivity index (χ0) is 22.6. The number of nitrogens with one attached hydrogen (secondary N) is 1. The van der Waals surface area contributed by atoms with E-state index < -0.39 is 21.8 Å². The van der Waals surface area contributed by atoms with Crippen LogP contribution in [0.2, 0.25) is 13.1 Å². The van der Waals surface area contributed by atoms with Crippen molar-refractivity contribution >= 4 is 61.3 Å². The van der Waals surface area contributed by atoms with Gasteiger partial charge < -0.3 is 0 Å². The third kappa shape index (κ3) is 4.22. The van der Waals surface area contributed by atoms with Gasteiger partial charge in [0.2, 0.25) is 0 Å². The molecule has 1 aliphatic carbocycles. The molecule has 1 nitrogen and oxygen atoms in total. The van der Waals surface area contributed by atoms with E-state index in [0.29, 0.717) is 0 Å². The van der Waals surface area contributed by atoms with Crippen LogP contribution in [0.4, 0.5) is 0 Å². The van der Waals surface area contributed by atoms with Crippen molar-refractivity contribution in [1.29, 1.82) is 0 Å². The molecular weight excluding hydrogens is 584 g/mol. The predicted octanol–water partition coefficient (Wildman–Crippen LogP) is 8.48. The van der Waals surface area contributed by atoms with Gasteiger partial charge in [-0.05, 0) is 0 Å². The molecule has 1 aliphatic rings. The summed E-state index contributed by atoms with van der Waals surface area (Å²) in [4.78, 5) is 0. The first kappa shape index (κ1) is 23.9. The number of halogens is 3. The summed E-state index contributed by atoms with van der Waals surface area (Å²) < 4.78 is 5.03. The zero-order valence-corrected chi connectivity index (χ0v) is 25.4. The molecule has 31 heavy (non-hydrogen) atoms. The molecule has 3 aromatic rings. The summed E-state index contributed by atoms with van der Waals surface area (Å²) >= 11 is -0.790. The molecule has 0 spiro atoms. The molecule has 6 heteroatoms. The molecule has 163 valence electrons. The SMILES string of the molecule is C[SiH](C)[Zr]([Cl])([Cl])([NH]C(C)(C)C)[CH]1C(c2cccc3c(Br)cccc23)=Cc2ccccc21. The average Bonchev–Trinajstić information content (AvgIpc) is 3.07. The molecule has 3 aromatic carbocycles. The maximum atomic E-state index is 7.85. The summed E-state index contributed by atoms with van der Waals surface area (Å²) in [6.07, 6.45) is 2.33. The first-order chi connectivity index (χ1) is 14.4. The second-order valence-corrected chi connectivity index (χ2v) is 51.6. The van der Waals surface area contributed by atoms with Gasteiger partial charge in [-0.25, -0.2) is 0 Å². The van der Waals surface area contributed by atoms with Crippen LogP contribution in [0.3, 0.4) is 0 Å². The van der Waals surface area contributed by atoms with Crippen LogP contribution in [-0.2, 0) is 15.8 Å². The molecule has 0 heterocycles. The van der Waals surface area contributed by atoms with Crippen molar-refractivity contribution in [2.24, 2.45) is 0 Å². The summed E-state index contributed by atoms with van der Waals surface area (Å²) in [5.74, 6) is -1.48. The second-order valence-electron chi connectivity index (χ2n) is 9.98. The van der Waals surface area contributed by atoms with Crippen LogP contribution < -0.4 is 3.26 Å². The molecule has 1 N–H and O–H groups in total. The predicted molar refractivity (Wildman–Crippen MR) is 142 cm³/mol. The first-order valence-corrected chi connectivity index (χ1v) is 27.7. The van der Waals surface area contributed by atoms with Crippen LogP contribution in [0, 0.1) is 0 Å². The van der Waals surface area contributed by atoms with Crippen LogP contribution in [0.1, 0.15) is 41.1 Å². The fraction of sp³-hybridized carbons (Fsp3) is 0.280. The van der Waals surface area contributed by atoms with E-state index in [9.17, 15) is 0 Å². The minimum atomic E-state index is -4.52. The molecule has 0 aromatic heterocycles. The summed E-state index contributed by atoms with van der Waals surface area (Å²) in [5, 5.41) is 2.44. The van der Waals surface area contributed by atoms with E-state index in [4.69, 9.17) is 17.0 Å². The molecule has 1 unspecified atom stereocenters. The van der Waals surface area contributed by atoms with Crippen molar-refractivity contribution in [1.82, 2.24) is 3.26 Å². The number of rotatable bonds is 4. The van der Waals surface area contributed by atoms with E-state index in [-0.39, 0.29) is 9.16 Å². The van der Waals surface area contributed by atoms with Crippen molar-refractivity contribution in [3.8, 4) is 0 Å². The fourth-order valence-corrected chi connectivity index (χ4v) is 32.2. The third-order valence-electron chi connectivity index (χ3n) is 6.31. The number of hydrogen-bond donors (Lipinski definition) is 1. The quantitative estimate of drug-likeness (QED) is 0.291. The number of hydrogen-bond acceptors (Lipinski definition) is 1. The molecule has 0 saturated heterocycles. The fourth-order valence-electron chi connectivity index (χ4n) is 4.92. The van der Waals surface area contributed by atoms with Crippen LogP contribution in [0.15, 0.2) is 65.1 Å². The van der Waals surface area contributed by atoms with Gasteiger partial charge >= 0.3 is 205 Å². The van der Waals surface area contributed by atoms with Crippen LogP contribution in [-0.4, -0.2) is 11.5 Å². The summed E-state index contributed by atoms with van der Waals surface area (Å²) in [6, 6.07) is 21.6. The van der Waals surface area contributed by atoms with Gasteiger partial charge in [-0.1, -0.05) is 0 Å². The van der Waals surface area contributed by atoms with Crippen LogP contribution in [0.5, 0.6) is 0 Å². The van der Waals surface area contributed by atoms with Gasteiger partial charge in [-0.15, -0.1) is 0 Å². The van der Waals surface area contributed by atoms with Gasteiger partial charge in [0.1, 0.15) is 0 Å². The molecule has 0 radical (unpaired) electrons. The van der Waals surface area contributed by atoms with Gasteiger partial charge in [-0.3, -0.25) is 0 Å². The Morgan fingerprint density at radius 1 is 0.903 bits per heavy atom. The van der Waals surface area contributed by atoms with Crippen molar-refractivity contribution in [2.45, 2.75) is 43.0 Å². The Morgan fingerprint density at radius 3 is 2.23 bits per heavy atom. The topological polar surface area (TPSA) is 12.0 Å². The van der Waals surface area contributed by atoms with E-state index in [1.165, 1.54) is 33.0 Å². The van der Waals surface area contributed by atoms with Gasteiger partial charge in [0.05, 0.1) is 0 Å². The number of fused-ring (bicyclic) bond motifs is 2. The summed E-state index contributed by atoms with van der Waals surface area (Å²) in [7, 11) is 15.7. The maximum absolute atomic E-state index is 7.85. The Balaban J connectivity index is 2.03. The Morgan fingerprint density at radius 2 is 1.55 bits per heavy atom. The van der Waals surface area contributed by atoms with Crippen molar-refractivity contribution in [3.63, 3.8) is 0 Å². The molecular formula is C25H29BrCl2NSiZr. The molecule has 0 fully saturated rings. The summed E-state index contributed by atoms with van der Waals surface area (Å²) in [6.45, 7) is 11.2. The van der Waals surface area contributed by atoms with Gasteiger partial charge in [0.15, 0.2) is 0 Å². The Bertz CT molecular complexity index is 1200. The Kier molecular flexibility index (Phi) is 6.34. The standard InChI is InChI=1S/C19H12Br.C4H10N.C2H7Si.2ClH.Zr/c20-19-10-4-8-17-16(7-3-9-18(17)19)15-11-13-5-1-2-6-14(13)12-15;1-4(2,3)5;1-3-2;;;/h1-12H;5H,1-3H3;3H,1-2H3;2*1H;/q;-1;;;;+3/p-2. The Labute approximate surface area is 203 Å². The van der Waals surface area contributed by atoms with Gasteiger partial charge in [0, 0.05) is 0 Å². The Hall–Kier alpha value is -0.220. The summed E-state index contributed by atoms with van der Waals surface area (Å²) in [5.41, 5.74) is 4.85. The number of allylic oxidation sites excluding steroid dienone is 1. The van der Waals surface area contributed by atoms with E-state index in [1.807, 2.05) is 0 Å². The normalized spacial score (nSPS) is 18.0. The first-order valence-electron chi connectivity index (χ1n) is 10.8. The minimum absolute atomic E-state index is 0.0245. The molecule has 0 amide bonds. The monoisotopic (exact) mass is 610 g/mol. The van der Waals surface area contributed by atoms with E-state index in [2.05, 4.69) is 120 Å². The van der Waals surface area contributed by atoms with Crippen molar-refractivity contribution in [2.75, 3.05) is 0 Å². The molecule has 4 rings (SSSR count). The van der Waals surface area contributed by atoms with Crippen LogP contribution in [0.25, 0.3) is 22.4 Å². The van der Waals surface area contributed by atoms with E-state index >= 15 is 0 Å². The zero-order valence-electron chi connectivity index (χ0n) is 18.6. The molecule has 1 atom stereocenters. The van der Waals surface area contributed by atoms with Gasteiger partial charge in [-0.2, -0.15) is 0 Å². The third-order valence-corrected chi connectivity index (χ3v) is 53.9. The van der Waals surface area contributed by atoms with E-state index in [1.54, 1.807) is 0 Å². The van der Waals surface area contributed by atoms with Crippen molar-refractivity contribution < 1.29 is 15.8 Å². The van der Waals surface area contributed by atoms with Crippen molar-refractivity contribution in [3.05, 3.63) is 81.8 Å². The second kappa shape index (κ2) is 8.22. The number of benzene rings is 3. The van der Waals surface area contributed by atoms with Crippen LogP contribution >= 0.6 is 33.0 Å². The van der Waals surface area contributed by atoms with Gasteiger partial charge in [0.25, 0.3) is 0 Å².